The number of hydrogen-bond donors (Lipinski definition) is 2. The van der Waals surface area contributed by atoms with E-state index in [1.54, 1.807) is 0 Å². The fourth-order valence-corrected chi connectivity index (χ4v) is 5.44. The summed E-state index contributed by atoms with van der Waals surface area (Å²) in [5.74, 6) is -0.0331. The highest BCUT2D eigenvalue weighted by Crippen LogP contribution is 2.35. The molecule has 0 aromatic heterocycles. The van der Waals surface area contributed by atoms with Crippen molar-refractivity contribution >= 4 is 5.91 Å². The standard InChI is InChI=1S/C36H40N2O/c1-36(2)22-19-34(20-23-36)38-26-28-13-17-31(18-14-28)32-9-6-10-33(25-32)35(39)37-24-21-27-11-15-30(16-12-27)29-7-4-3-5-8-29/h3-18,25,34,38H,19-24,26H2,1-2H3,(H,37,39). The first-order valence-electron chi connectivity index (χ1n) is 14.3. The van der Waals surface area contributed by atoms with Gasteiger partial charge in [-0.1, -0.05) is 105 Å². The fourth-order valence-electron chi connectivity index (χ4n) is 5.44. The second kappa shape index (κ2) is 12.4. The van der Waals surface area contributed by atoms with Crippen molar-refractivity contribution < 1.29 is 4.79 Å². The van der Waals surface area contributed by atoms with E-state index in [1.165, 1.54) is 47.9 Å². The minimum absolute atomic E-state index is 0.0331. The minimum Gasteiger partial charge on any atom is -0.352 e. The molecule has 3 nitrogen and oxygen atoms in total. The molecule has 39 heavy (non-hydrogen) atoms. The van der Waals surface area contributed by atoms with E-state index in [1.807, 2.05) is 24.3 Å². The predicted molar refractivity (Wildman–Crippen MR) is 163 cm³/mol. The SMILES string of the molecule is CC1(C)CCC(NCc2ccc(-c3cccc(C(=O)NCCc4ccc(-c5ccccc5)cc4)c3)cc2)CC1. The smallest absolute Gasteiger partial charge is 0.251 e. The lowest BCUT2D eigenvalue weighted by Gasteiger charge is -2.34. The van der Waals surface area contributed by atoms with E-state index < -0.39 is 0 Å². The van der Waals surface area contributed by atoms with Crippen molar-refractivity contribution in [1.82, 2.24) is 10.6 Å². The second-order valence-corrected chi connectivity index (χ2v) is 11.7. The molecule has 0 bridgehead atoms. The predicted octanol–water partition coefficient (Wildman–Crippen LogP) is 8.05. The number of amides is 1. The summed E-state index contributed by atoms with van der Waals surface area (Å²) in [5, 5.41) is 6.83. The van der Waals surface area contributed by atoms with Gasteiger partial charge in [0.2, 0.25) is 0 Å². The van der Waals surface area contributed by atoms with Gasteiger partial charge in [0.15, 0.2) is 0 Å². The van der Waals surface area contributed by atoms with Crippen molar-refractivity contribution in [1.29, 1.82) is 0 Å². The summed E-state index contributed by atoms with van der Waals surface area (Å²) in [4.78, 5) is 12.9. The second-order valence-electron chi connectivity index (χ2n) is 11.7. The van der Waals surface area contributed by atoms with E-state index in [0.717, 1.165) is 24.1 Å². The van der Waals surface area contributed by atoms with Gasteiger partial charge in [0, 0.05) is 24.7 Å². The first-order chi connectivity index (χ1) is 18.9. The average Bonchev–Trinajstić information content (AvgIpc) is 2.98. The Kier molecular flexibility index (Phi) is 8.58. The van der Waals surface area contributed by atoms with Crippen molar-refractivity contribution in [2.45, 2.75) is 58.5 Å². The molecule has 0 radical (unpaired) electrons. The van der Waals surface area contributed by atoms with Crippen molar-refractivity contribution in [3.05, 3.63) is 120 Å². The number of benzene rings is 4. The van der Waals surface area contributed by atoms with E-state index in [2.05, 4.69) is 103 Å². The Morgan fingerprint density at radius 2 is 1.31 bits per heavy atom. The van der Waals surface area contributed by atoms with E-state index in [-0.39, 0.29) is 5.91 Å². The van der Waals surface area contributed by atoms with Gasteiger partial charge >= 0.3 is 0 Å². The summed E-state index contributed by atoms with van der Waals surface area (Å²) >= 11 is 0. The van der Waals surface area contributed by atoms with Gasteiger partial charge in [-0.2, -0.15) is 0 Å². The van der Waals surface area contributed by atoms with E-state index in [9.17, 15) is 4.79 Å². The molecule has 2 N–H and O–H groups in total. The maximum Gasteiger partial charge on any atom is 0.251 e. The summed E-state index contributed by atoms with van der Waals surface area (Å²) in [6.45, 7) is 6.27. The monoisotopic (exact) mass is 516 g/mol. The van der Waals surface area contributed by atoms with Crippen LogP contribution in [0.1, 0.15) is 61.0 Å². The zero-order chi connectivity index (χ0) is 27.1. The summed E-state index contributed by atoms with van der Waals surface area (Å²) in [5.41, 5.74) is 8.32. The van der Waals surface area contributed by atoms with Gasteiger partial charge in [-0.3, -0.25) is 4.79 Å². The van der Waals surface area contributed by atoms with Crippen LogP contribution in [0.2, 0.25) is 0 Å². The van der Waals surface area contributed by atoms with Gasteiger partial charge in [0.05, 0.1) is 0 Å². The summed E-state index contributed by atoms with van der Waals surface area (Å²) < 4.78 is 0. The van der Waals surface area contributed by atoms with Gasteiger partial charge in [0.1, 0.15) is 0 Å². The lowest BCUT2D eigenvalue weighted by molar-refractivity contribution is 0.0954. The van der Waals surface area contributed by atoms with Crippen LogP contribution in [-0.4, -0.2) is 18.5 Å². The van der Waals surface area contributed by atoms with Crippen molar-refractivity contribution in [3.63, 3.8) is 0 Å². The highest BCUT2D eigenvalue weighted by Gasteiger charge is 2.26. The van der Waals surface area contributed by atoms with Crippen LogP contribution in [0.4, 0.5) is 0 Å². The summed E-state index contributed by atoms with van der Waals surface area (Å²) in [6.07, 6.45) is 5.93. The minimum atomic E-state index is -0.0331. The Morgan fingerprint density at radius 3 is 2.00 bits per heavy atom. The van der Waals surface area contributed by atoms with Gasteiger partial charge in [-0.25, -0.2) is 0 Å². The number of hydrogen-bond acceptors (Lipinski definition) is 2. The fraction of sp³-hybridized carbons (Fsp3) is 0.306. The third-order valence-corrected chi connectivity index (χ3v) is 8.11. The maximum atomic E-state index is 12.9. The molecule has 0 saturated heterocycles. The molecule has 0 aliphatic heterocycles. The maximum absolute atomic E-state index is 12.9. The molecule has 0 spiro atoms. The Bertz CT molecular complexity index is 1350. The molecule has 1 aliphatic rings. The molecular weight excluding hydrogens is 476 g/mol. The molecule has 4 aromatic rings. The highest BCUT2D eigenvalue weighted by atomic mass is 16.1. The molecule has 1 fully saturated rings. The topological polar surface area (TPSA) is 41.1 Å². The molecule has 5 rings (SSSR count). The molecule has 3 heteroatoms. The number of carbonyl (C=O) groups excluding carboxylic acids is 1. The van der Waals surface area contributed by atoms with E-state index in [4.69, 9.17) is 0 Å². The van der Waals surface area contributed by atoms with Crippen LogP contribution >= 0.6 is 0 Å². The van der Waals surface area contributed by atoms with Crippen molar-refractivity contribution in [2.75, 3.05) is 6.54 Å². The number of carbonyl (C=O) groups is 1. The lowest BCUT2D eigenvalue weighted by atomic mass is 9.75. The number of rotatable bonds is 9. The van der Waals surface area contributed by atoms with Crippen LogP contribution in [0.3, 0.4) is 0 Å². The molecule has 1 amide bonds. The van der Waals surface area contributed by atoms with Crippen LogP contribution in [0.5, 0.6) is 0 Å². The Labute approximate surface area is 233 Å². The van der Waals surface area contributed by atoms with Crippen LogP contribution < -0.4 is 10.6 Å². The van der Waals surface area contributed by atoms with E-state index >= 15 is 0 Å². The highest BCUT2D eigenvalue weighted by molar-refractivity contribution is 5.95. The summed E-state index contributed by atoms with van der Waals surface area (Å²) in [7, 11) is 0. The van der Waals surface area contributed by atoms with Crippen LogP contribution in [0, 0.1) is 5.41 Å². The molecule has 0 atom stereocenters. The van der Waals surface area contributed by atoms with Crippen LogP contribution in [0.25, 0.3) is 22.3 Å². The normalized spacial score (nSPS) is 15.1. The quantitative estimate of drug-likeness (QED) is 0.236. The average molecular weight is 517 g/mol. The van der Waals surface area contributed by atoms with E-state index in [0.29, 0.717) is 23.6 Å². The number of nitrogens with one attached hydrogen (secondary N) is 2. The van der Waals surface area contributed by atoms with Gasteiger partial charge in [-0.15, -0.1) is 0 Å². The molecule has 0 heterocycles. The Balaban J connectivity index is 1.11. The molecular formula is C36H40N2O. The zero-order valence-corrected chi connectivity index (χ0v) is 23.3. The third-order valence-electron chi connectivity index (χ3n) is 8.11. The first-order valence-corrected chi connectivity index (χ1v) is 14.3. The molecule has 1 saturated carbocycles. The van der Waals surface area contributed by atoms with Crippen LogP contribution in [-0.2, 0) is 13.0 Å². The Morgan fingerprint density at radius 1 is 0.718 bits per heavy atom. The largest absolute Gasteiger partial charge is 0.352 e. The van der Waals surface area contributed by atoms with Gasteiger partial charge in [0.25, 0.3) is 5.91 Å². The Hall–Kier alpha value is -3.69. The third kappa shape index (κ3) is 7.46. The molecule has 4 aromatic carbocycles. The molecule has 200 valence electrons. The van der Waals surface area contributed by atoms with Crippen LogP contribution in [0.15, 0.2) is 103 Å². The zero-order valence-electron chi connectivity index (χ0n) is 23.3. The molecule has 1 aliphatic carbocycles. The molecule has 0 unspecified atom stereocenters. The van der Waals surface area contributed by atoms with Gasteiger partial charge in [-0.05, 0) is 83.0 Å². The lowest BCUT2D eigenvalue weighted by Crippen LogP contribution is -2.35. The van der Waals surface area contributed by atoms with Gasteiger partial charge < -0.3 is 10.6 Å². The first kappa shape index (κ1) is 26.9. The summed E-state index contributed by atoms with van der Waals surface area (Å²) in [6, 6.07) is 36.2. The van der Waals surface area contributed by atoms with Crippen molar-refractivity contribution in [3.8, 4) is 22.3 Å². The van der Waals surface area contributed by atoms with Crippen molar-refractivity contribution in [2.24, 2.45) is 5.41 Å².